The maximum atomic E-state index is 12.6. The number of nitrogens with two attached hydrogens (primary N) is 1. The van der Waals surface area contributed by atoms with Gasteiger partial charge in [-0.25, -0.2) is 4.98 Å². The summed E-state index contributed by atoms with van der Waals surface area (Å²) >= 11 is 1.62. The molecular weight excluding hydrogens is 346 g/mol. The Morgan fingerprint density at radius 2 is 2.38 bits per heavy atom. The summed E-state index contributed by atoms with van der Waals surface area (Å²) in [5.74, 6) is 1.30. The van der Waals surface area contributed by atoms with Crippen molar-refractivity contribution in [2.24, 2.45) is 11.7 Å². The van der Waals surface area contributed by atoms with E-state index in [1.165, 1.54) is 6.42 Å². The summed E-state index contributed by atoms with van der Waals surface area (Å²) in [5.41, 5.74) is 9.25. The van der Waals surface area contributed by atoms with Crippen LogP contribution in [0.5, 0.6) is 0 Å². The van der Waals surface area contributed by atoms with Gasteiger partial charge in [0.05, 0.1) is 10.6 Å². The number of pyridine rings is 1. The summed E-state index contributed by atoms with van der Waals surface area (Å²) in [6, 6.07) is 2.24. The molecule has 1 fully saturated rings. The molecule has 1 aliphatic heterocycles. The van der Waals surface area contributed by atoms with Crippen molar-refractivity contribution >= 4 is 34.4 Å². The van der Waals surface area contributed by atoms with Gasteiger partial charge in [-0.1, -0.05) is 6.42 Å². The van der Waals surface area contributed by atoms with Crippen molar-refractivity contribution in [2.45, 2.75) is 32.2 Å². The van der Waals surface area contributed by atoms with Gasteiger partial charge >= 0.3 is 0 Å². The molecule has 2 aliphatic rings. The topological polar surface area (TPSA) is 87.0 Å². The van der Waals surface area contributed by atoms with E-state index in [2.05, 4.69) is 27.1 Å². The lowest BCUT2D eigenvalue weighted by atomic mass is 10.1. The predicted molar refractivity (Wildman–Crippen MR) is 107 cm³/mol. The molecule has 2 atom stereocenters. The smallest absolute Gasteiger partial charge is 0.259 e. The number of aromatic nitrogens is 2. The highest BCUT2D eigenvalue weighted by Gasteiger charge is 2.25. The number of anilines is 1. The first-order chi connectivity index (χ1) is 12.6. The van der Waals surface area contributed by atoms with Crippen molar-refractivity contribution in [3.8, 4) is 0 Å². The molecule has 0 radical (unpaired) electrons. The number of amides is 1. The fourth-order valence-corrected chi connectivity index (χ4v) is 4.79. The zero-order chi connectivity index (χ0) is 18.1. The monoisotopic (exact) mass is 371 g/mol. The molecule has 0 saturated heterocycles. The van der Waals surface area contributed by atoms with Crippen molar-refractivity contribution in [2.75, 3.05) is 23.7 Å². The Labute approximate surface area is 157 Å². The van der Waals surface area contributed by atoms with Gasteiger partial charge in [-0.05, 0) is 37.3 Å². The molecule has 4 N–H and O–H groups in total. The minimum Gasteiger partial charge on any atom is -0.351 e. The third-order valence-electron chi connectivity index (χ3n) is 5.39. The van der Waals surface area contributed by atoms with Gasteiger partial charge in [0.1, 0.15) is 5.65 Å². The summed E-state index contributed by atoms with van der Waals surface area (Å²) in [4.78, 5) is 23.2. The van der Waals surface area contributed by atoms with Gasteiger partial charge in [0.2, 0.25) is 0 Å². The molecule has 1 amide bonds. The molecule has 1 saturated carbocycles. The number of carbonyl (C=O) groups excluding carboxylic acids is 1. The molecule has 1 aliphatic carbocycles. The van der Waals surface area contributed by atoms with E-state index in [1.54, 1.807) is 11.8 Å². The van der Waals surface area contributed by atoms with Crippen LogP contribution in [0.1, 0.15) is 24.8 Å². The van der Waals surface area contributed by atoms with Gasteiger partial charge < -0.3 is 20.9 Å². The van der Waals surface area contributed by atoms with E-state index in [4.69, 9.17) is 5.73 Å². The van der Waals surface area contributed by atoms with Gasteiger partial charge in [-0.2, -0.15) is 0 Å². The maximum Gasteiger partial charge on any atom is 0.259 e. The second-order valence-electron chi connectivity index (χ2n) is 7.13. The first-order valence-corrected chi connectivity index (χ1v) is 10.2. The predicted octanol–water partition coefficient (Wildman–Crippen LogP) is 2.51. The van der Waals surface area contributed by atoms with Crippen LogP contribution in [-0.2, 0) is 4.79 Å². The van der Waals surface area contributed by atoms with E-state index >= 15 is 0 Å². The highest BCUT2D eigenvalue weighted by Crippen LogP contribution is 2.32. The van der Waals surface area contributed by atoms with Gasteiger partial charge in [-0.15, -0.1) is 11.8 Å². The van der Waals surface area contributed by atoms with E-state index in [0.29, 0.717) is 12.5 Å². The first kappa shape index (κ1) is 17.4. The lowest BCUT2D eigenvalue weighted by molar-refractivity contribution is -0.117. The van der Waals surface area contributed by atoms with Crippen molar-refractivity contribution in [1.82, 2.24) is 15.3 Å². The molecule has 7 heteroatoms. The number of H-pyrrole nitrogens is 1. The summed E-state index contributed by atoms with van der Waals surface area (Å²) in [6.45, 7) is 3.62. The lowest BCUT2D eigenvalue weighted by Crippen LogP contribution is -2.37. The number of aromatic amines is 1. The maximum absolute atomic E-state index is 12.6. The minimum absolute atomic E-state index is 0.00916. The summed E-state index contributed by atoms with van der Waals surface area (Å²) in [5, 5.41) is 4.20. The van der Waals surface area contributed by atoms with Crippen LogP contribution in [0.25, 0.3) is 11.0 Å². The SMILES string of the molecule is Cc1c[nH]c2nccc(N3C=C(C(=O)NC[C@@H]4CCC[C@H]4N)SCC3)c12. The molecule has 0 unspecified atom stereocenters. The number of aryl methyl sites for hydroxylation is 1. The molecule has 138 valence electrons. The molecular formula is C19H25N5OS. The Morgan fingerprint density at radius 3 is 3.19 bits per heavy atom. The molecule has 2 aromatic heterocycles. The van der Waals surface area contributed by atoms with Gasteiger partial charge in [0.15, 0.2) is 0 Å². The highest BCUT2D eigenvalue weighted by atomic mass is 32.2. The van der Waals surface area contributed by atoms with Gasteiger partial charge in [0.25, 0.3) is 5.91 Å². The number of thioether (sulfide) groups is 1. The van der Waals surface area contributed by atoms with Crippen molar-refractivity contribution in [3.63, 3.8) is 0 Å². The number of rotatable bonds is 4. The van der Waals surface area contributed by atoms with E-state index in [-0.39, 0.29) is 11.9 Å². The van der Waals surface area contributed by atoms with E-state index in [9.17, 15) is 4.79 Å². The van der Waals surface area contributed by atoms with Crippen molar-refractivity contribution in [3.05, 3.63) is 35.1 Å². The van der Waals surface area contributed by atoms with E-state index in [1.807, 2.05) is 24.7 Å². The molecule has 6 nitrogen and oxygen atoms in total. The van der Waals surface area contributed by atoms with Crippen LogP contribution < -0.4 is 16.0 Å². The summed E-state index contributed by atoms with van der Waals surface area (Å²) in [6.07, 6.45) is 9.11. The van der Waals surface area contributed by atoms with Gasteiger partial charge in [-0.3, -0.25) is 4.79 Å². The van der Waals surface area contributed by atoms with E-state index in [0.717, 1.165) is 52.3 Å². The zero-order valence-corrected chi connectivity index (χ0v) is 15.8. The van der Waals surface area contributed by atoms with Crippen LogP contribution in [0.3, 0.4) is 0 Å². The van der Waals surface area contributed by atoms with Crippen LogP contribution in [0.2, 0.25) is 0 Å². The summed E-state index contributed by atoms with van der Waals surface area (Å²) in [7, 11) is 0. The number of nitrogens with zero attached hydrogens (tertiary/aromatic N) is 2. The minimum atomic E-state index is 0.00916. The number of fused-ring (bicyclic) bond motifs is 1. The Morgan fingerprint density at radius 1 is 1.50 bits per heavy atom. The Bertz CT molecular complexity index is 846. The normalized spacial score (nSPS) is 23.3. The second-order valence-corrected chi connectivity index (χ2v) is 8.26. The molecule has 4 rings (SSSR count). The molecule has 2 aromatic rings. The lowest BCUT2D eigenvalue weighted by Gasteiger charge is -2.27. The average Bonchev–Trinajstić information content (AvgIpc) is 3.25. The van der Waals surface area contributed by atoms with Crippen LogP contribution >= 0.6 is 11.8 Å². The summed E-state index contributed by atoms with van der Waals surface area (Å²) < 4.78 is 0. The highest BCUT2D eigenvalue weighted by molar-refractivity contribution is 8.04. The third kappa shape index (κ3) is 3.33. The molecule has 0 bridgehead atoms. The fourth-order valence-electron chi connectivity index (χ4n) is 3.88. The van der Waals surface area contributed by atoms with Gasteiger partial charge in [0, 0.05) is 48.9 Å². The number of nitrogens with one attached hydrogen (secondary N) is 2. The number of hydrogen-bond donors (Lipinski definition) is 3. The second kappa shape index (κ2) is 7.32. The average molecular weight is 372 g/mol. The zero-order valence-electron chi connectivity index (χ0n) is 15.0. The Hall–Kier alpha value is -1.99. The Balaban J connectivity index is 1.51. The molecule has 0 aromatic carbocycles. The first-order valence-electron chi connectivity index (χ1n) is 9.21. The molecule has 3 heterocycles. The van der Waals surface area contributed by atoms with Crippen molar-refractivity contribution < 1.29 is 4.79 Å². The fraction of sp³-hybridized carbons (Fsp3) is 0.474. The van der Waals surface area contributed by atoms with Crippen molar-refractivity contribution in [1.29, 1.82) is 0 Å². The molecule has 26 heavy (non-hydrogen) atoms. The molecule has 0 spiro atoms. The third-order valence-corrected chi connectivity index (χ3v) is 6.38. The van der Waals surface area contributed by atoms with Crippen LogP contribution in [0.4, 0.5) is 5.69 Å². The van der Waals surface area contributed by atoms with Crippen LogP contribution in [0, 0.1) is 12.8 Å². The van der Waals surface area contributed by atoms with Crippen LogP contribution in [0.15, 0.2) is 29.6 Å². The largest absolute Gasteiger partial charge is 0.351 e. The Kier molecular flexibility index (Phi) is 4.91. The number of carbonyl (C=O) groups is 1. The standard InChI is InChI=1S/C19H25N5OS/c1-12-9-22-18-17(12)15(5-6-21-18)24-7-8-26-16(11-24)19(25)23-10-13-3-2-4-14(13)20/h5-6,9,11,13-14H,2-4,7-8,10,20H2,1H3,(H,21,22)(H,23,25)/t13-,14+/m0/s1. The quantitative estimate of drug-likeness (QED) is 0.769. The van der Waals surface area contributed by atoms with E-state index < -0.39 is 0 Å². The number of hydrogen-bond acceptors (Lipinski definition) is 5. The van der Waals surface area contributed by atoms with Crippen LogP contribution in [-0.4, -0.2) is 40.8 Å².